The molecule has 26 heavy (non-hydrogen) atoms. The van der Waals surface area contributed by atoms with E-state index in [1.165, 1.54) is 11.1 Å². The minimum Gasteiger partial charge on any atom is -0.379 e. The molecular formula is C20H25NO4S. The van der Waals surface area contributed by atoms with Gasteiger partial charge in [0.05, 0.1) is 19.0 Å². The fraction of sp³-hybridized carbons (Fsp3) is 0.450. The molecule has 0 unspecified atom stereocenters. The summed E-state index contributed by atoms with van der Waals surface area (Å²) in [6, 6.07) is 5.86. The third kappa shape index (κ3) is 6.01. The van der Waals surface area contributed by atoms with E-state index in [0.29, 0.717) is 12.1 Å². The molecule has 0 saturated heterocycles. The second-order valence-electron chi connectivity index (χ2n) is 6.21. The van der Waals surface area contributed by atoms with E-state index in [-0.39, 0.29) is 24.9 Å². The number of nitrogens with zero attached hydrogens (tertiary/aromatic N) is 1. The van der Waals surface area contributed by atoms with Crippen LogP contribution >= 0.6 is 0 Å². The average Bonchev–Trinajstić information content (AvgIpc) is 2.61. The van der Waals surface area contributed by atoms with Crippen molar-refractivity contribution >= 4 is 15.7 Å². The van der Waals surface area contributed by atoms with Gasteiger partial charge in [-0.3, -0.25) is 4.79 Å². The van der Waals surface area contributed by atoms with Gasteiger partial charge in [0.2, 0.25) is 0 Å². The number of likely N-dealkylation sites (N-methyl/N-ethyl adjacent to an activating group) is 1. The van der Waals surface area contributed by atoms with Crippen LogP contribution in [0.15, 0.2) is 30.2 Å². The first-order chi connectivity index (χ1) is 12.4. The summed E-state index contributed by atoms with van der Waals surface area (Å²) in [6.07, 6.45) is 3.48. The number of benzene rings is 1. The fourth-order valence-electron chi connectivity index (χ4n) is 2.69. The largest absolute Gasteiger partial charge is 0.379 e. The van der Waals surface area contributed by atoms with Crippen molar-refractivity contribution in [1.29, 1.82) is 0 Å². The van der Waals surface area contributed by atoms with Gasteiger partial charge < -0.3 is 9.64 Å². The normalized spacial score (nSPS) is 13.6. The van der Waals surface area contributed by atoms with Crippen LogP contribution < -0.4 is 0 Å². The van der Waals surface area contributed by atoms with Gasteiger partial charge in [0, 0.05) is 37.4 Å². The van der Waals surface area contributed by atoms with E-state index in [4.69, 9.17) is 4.74 Å². The monoisotopic (exact) mass is 375 g/mol. The molecular weight excluding hydrogens is 350 g/mol. The summed E-state index contributed by atoms with van der Waals surface area (Å²) < 4.78 is 27.9. The molecule has 0 fully saturated rings. The summed E-state index contributed by atoms with van der Waals surface area (Å²) in [7, 11) is -1.53. The zero-order chi connectivity index (χ0) is 19.0. The highest BCUT2D eigenvalue weighted by molar-refractivity contribution is 7.94. The van der Waals surface area contributed by atoms with Gasteiger partial charge in [0.1, 0.15) is 0 Å². The Morgan fingerprint density at radius 1 is 1.23 bits per heavy atom. The van der Waals surface area contributed by atoms with Crippen molar-refractivity contribution in [2.75, 3.05) is 32.6 Å². The quantitative estimate of drug-likeness (QED) is 0.516. The maximum atomic E-state index is 12.6. The van der Waals surface area contributed by atoms with E-state index in [9.17, 15) is 13.2 Å². The lowest BCUT2D eigenvalue weighted by molar-refractivity contribution is 0.0711. The average molecular weight is 375 g/mol. The Hall–Kier alpha value is -2.10. The molecule has 0 atom stereocenters. The van der Waals surface area contributed by atoms with E-state index in [2.05, 4.69) is 18.4 Å². The van der Waals surface area contributed by atoms with Crippen LogP contribution in [0.1, 0.15) is 34.3 Å². The molecule has 1 aliphatic carbocycles. The van der Waals surface area contributed by atoms with Crippen molar-refractivity contribution in [3.63, 3.8) is 0 Å². The van der Waals surface area contributed by atoms with E-state index in [0.717, 1.165) is 31.1 Å². The number of aryl methyl sites for hydroxylation is 2. The van der Waals surface area contributed by atoms with Gasteiger partial charge >= 0.3 is 0 Å². The van der Waals surface area contributed by atoms with Crippen LogP contribution in [-0.2, 0) is 27.4 Å². The number of carbonyl (C=O) groups is 1. The summed E-state index contributed by atoms with van der Waals surface area (Å²) in [4.78, 5) is 14.2. The van der Waals surface area contributed by atoms with Gasteiger partial charge in [-0.1, -0.05) is 12.6 Å². The first kappa shape index (κ1) is 20.2. The maximum Gasteiger partial charge on any atom is 0.253 e. The molecule has 2 rings (SSSR count). The number of hydrogen-bond donors (Lipinski definition) is 0. The number of hydrogen-bond acceptors (Lipinski definition) is 4. The Kier molecular flexibility index (Phi) is 7.43. The predicted molar refractivity (Wildman–Crippen MR) is 103 cm³/mol. The zero-order valence-electron chi connectivity index (χ0n) is 15.2. The third-order valence-electron chi connectivity index (χ3n) is 4.30. The molecule has 1 amide bonds. The number of ether oxygens (including phenoxy) is 1. The molecule has 5 nitrogen and oxygen atoms in total. The van der Waals surface area contributed by atoms with Gasteiger partial charge in [-0.15, -0.1) is 11.8 Å². The minimum absolute atomic E-state index is 0.0664. The van der Waals surface area contributed by atoms with Crippen molar-refractivity contribution in [2.24, 2.45) is 0 Å². The first-order valence-electron chi connectivity index (χ1n) is 8.69. The Morgan fingerprint density at radius 2 is 1.92 bits per heavy atom. The molecule has 6 heteroatoms. The van der Waals surface area contributed by atoms with E-state index < -0.39 is 9.84 Å². The Labute approximate surface area is 156 Å². The molecule has 0 bridgehead atoms. The highest BCUT2D eigenvalue weighted by Crippen LogP contribution is 2.18. The van der Waals surface area contributed by atoms with Crippen LogP contribution in [0.4, 0.5) is 0 Å². The Bertz CT molecular complexity index is 818. The lowest BCUT2D eigenvalue weighted by Crippen LogP contribution is -2.30. The lowest BCUT2D eigenvalue weighted by atomic mass is 9.95. The predicted octanol–water partition coefficient (Wildman–Crippen LogP) is 2.22. The number of sulfone groups is 1. The van der Waals surface area contributed by atoms with Gasteiger partial charge in [-0.05, 0) is 36.1 Å². The molecule has 1 aromatic carbocycles. The summed E-state index contributed by atoms with van der Waals surface area (Å²) in [5.41, 5.74) is 3.13. The van der Waals surface area contributed by atoms with Crippen LogP contribution in [0.3, 0.4) is 0 Å². The highest BCUT2D eigenvalue weighted by Gasteiger charge is 2.14. The summed E-state index contributed by atoms with van der Waals surface area (Å²) in [5, 5.41) is 0.928. The second kappa shape index (κ2) is 9.56. The van der Waals surface area contributed by atoms with E-state index >= 15 is 0 Å². The molecule has 0 saturated carbocycles. The van der Waals surface area contributed by atoms with Crippen molar-refractivity contribution in [2.45, 2.75) is 25.7 Å². The molecule has 1 aromatic rings. The van der Waals surface area contributed by atoms with Crippen LogP contribution in [0.25, 0.3) is 0 Å². The molecule has 0 aliphatic heterocycles. The Morgan fingerprint density at radius 3 is 2.62 bits per heavy atom. The summed E-state index contributed by atoms with van der Waals surface area (Å²) in [5.74, 6) is 6.13. The molecule has 0 heterocycles. The molecule has 1 aliphatic rings. The SMILES string of the molecule is C=CS(=O)(=O)CCOCCN(C)C(=O)c1ccc2c(c1)CCC#CCC2. The molecule has 0 spiro atoms. The van der Waals surface area contributed by atoms with Crippen LogP contribution in [0.5, 0.6) is 0 Å². The lowest BCUT2D eigenvalue weighted by Gasteiger charge is -2.18. The van der Waals surface area contributed by atoms with Gasteiger partial charge in [0.15, 0.2) is 9.84 Å². The number of amides is 1. The number of fused-ring (bicyclic) bond motifs is 1. The fourth-order valence-corrected chi connectivity index (χ4v) is 3.21. The van der Waals surface area contributed by atoms with Crippen molar-refractivity contribution in [1.82, 2.24) is 4.90 Å². The van der Waals surface area contributed by atoms with Crippen LogP contribution in [-0.4, -0.2) is 51.8 Å². The van der Waals surface area contributed by atoms with E-state index in [1.807, 2.05) is 18.2 Å². The first-order valence-corrected chi connectivity index (χ1v) is 10.4. The number of carbonyl (C=O) groups excluding carboxylic acids is 1. The van der Waals surface area contributed by atoms with Crippen LogP contribution in [0.2, 0.25) is 0 Å². The molecule has 0 N–H and O–H groups in total. The molecule has 140 valence electrons. The Balaban J connectivity index is 1.86. The standard InChI is InChI=1S/C20H25NO4S/c1-3-26(23,24)15-14-25-13-12-21(2)20(22)19-11-10-17-8-6-4-5-7-9-18(17)16-19/h3,10-11,16H,1,6-9,12-15H2,2H3. The van der Waals surface area contributed by atoms with Crippen molar-refractivity contribution < 1.29 is 17.9 Å². The zero-order valence-corrected chi connectivity index (χ0v) is 16.0. The van der Waals surface area contributed by atoms with Crippen LogP contribution in [0, 0.1) is 11.8 Å². The molecule has 0 aromatic heterocycles. The maximum absolute atomic E-state index is 12.6. The topological polar surface area (TPSA) is 63.7 Å². The van der Waals surface area contributed by atoms with Gasteiger partial charge in [0.25, 0.3) is 5.91 Å². The summed E-state index contributed by atoms with van der Waals surface area (Å²) >= 11 is 0. The number of rotatable bonds is 8. The van der Waals surface area contributed by atoms with Gasteiger partial charge in [-0.25, -0.2) is 8.42 Å². The minimum atomic E-state index is -3.25. The summed E-state index contributed by atoms with van der Waals surface area (Å²) in [6.45, 7) is 4.03. The van der Waals surface area contributed by atoms with E-state index in [1.54, 1.807) is 11.9 Å². The highest BCUT2D eigenvalue weighted by atomic mass is 32.2. The third-order valence-corrected chi connectivity index (χ3v) is 5.54. The molecule has 0 radical (unpaired) electrons. The van der Waals surface area contributed by atoms with Crippen molar-refractivity contribution in [3.8, 4) is 11.8 Å². The smallest absolute Gasteiger partial charge is 0.253 e. The van der Waals surface area contributed by atoms with Gasteiger partial charge in [-0.2, -0.15) is 0 Å². The second-order valence-corrected chi connectivity index (χ2v) is 8.28. The van der Waals surface area contributed by atoms with Crippen molar-refractivity contribution in [3.05, 3.63) is 46.9 Å².